The maximum absolute atomic E-state index is 13.3. The zero-order valence-electron chi connectivity index (χ0n) is 25.0. The van der Waals surface area contributed by atoms with Gasteiger partial charge in [0.15, 0.2) is 23.0 Å². The van der Waals surface area contributed by atoms with E-state index in [1.54, 1.807) is 6.92 Å². The predicted molar refractivity (Wildman–Crippen MR) is 158 cm³/mol. The van der Waals surface area contributed by atoms with E-state index < -0.39 is 41.4 Å². The lowest BCUT2D eigenvalue weighted by Gasteiger charge is -2.61. The van der Waals surface area contributed by atoms with Gasteiger partial charge < -0.3 is 34.5 Å². The molecule has 5 heterocycles. The van der Waals surface area contributed by atoms with E-state index in [4.69, 9.17) is 18.9 Å². The average molecular weight is 623 g/mol. The van der Waals surface area contributed by atoms with Crippen molar-refractivity contribution in [3.8, 4) is 34.8 Å². The Hall–Kier alpha value is -3.86. The first-order valence-electron chi connectivity index (χ1n) is 14.6. The molecule has 232 valence electrons. The van der Waals surface area contributed by atoms with Crippen molar-refractivity contribution in [3.63, 3.8) is 0 Å². The van der Waals surface area contributed by atoms with Crippen LogP contribution in [-0.2, 0) is 20.7 Å². The number of fused-ring (bicyclic) bond motifs is 9. The summed E-state index contributed by atoms with van der Waals surface area (Å²) in [7, 11) is 3.49. The molecular formula is C31H34N4O8S. The number of methoxy groups -OCH3 is 1. The number of amides is 1. The summed E-state index contributed by atoms with van der Waals surface area (Å²) in [5.41, 5.74) is 4.25. The summed E-state index contributed by atoms with van der Waals surface area (Å²) < 4.78 is 23.3. The molecular weight excluding hydrogens is 588 g/mol. The van der Waals surface area contributed by atoms with Crippen LogP contribution in [0.4, 0.5) is 0 Å². The molecule has 0 radical (unpaired) electrons. The number of rotatable bonds is 2. The Balaban J connectivity index is 1.51. The molecule has 3 N–H and O–H groups in total. The summed E-state index contributed by atoms with van der Waals surface area (Å²) in [6, 6.07) is 1.22. The molecule has 0 saturated carbocycles. The van der Waals surface area contributed by atoms with Crippen LogP contribution in [0.15, 0.2) is 6.07 Å². The SMILES string of the molecule is COc1c(C)cc2c(c1O)[C@@H]1C3[C@@H]4SC[C@@H](NC(C)=O)C(=O)OC[C@@H](c5c6c(c(C)c(O)c54)OCO6)N3[C@@H](C#N)[C@H](C2)N1C. The fourth-order valence-electron chi connectivity index (χ4n) is 8.05. The second kappa shape index (κ2) is 10.4. The van der Waals surface area contributed by atoms with Crippen molar-refractivity contribution in [2.75, 3.05) is 33.3 Å². The van der Waals surface area contributed by atoms with Crippen LogP contribution in [-0.4, -0.2) is 89.4 Å². The van der Waals surface area contributed by atoms with Crippen LogP contribution in [0.5, 0.6) is 28.7 Å². The van der Waals surface area contributed by atoms with Crippen LogP contribution in [0.25, 0.3) is 0 Å². The van der Waals surface area contributed by atoms with Crippen molar-refractivity contribution >= 4 is 23.6 Å². The first-order valence-corrected chi connectivity index (χ1v) is 15.6. The van der Waals surface area contributed by atoms with Gasteiger partial charge in [-0.3, -0.25) is 14.6 Å². The quantitative estimate of drug-likeness (QED) is 0.422. The van der Waals surface area contributed by atoms with Gasteiger partial charge in [0.2, 0.25) is 12.7 Å². The monoisotopic (exact) mass is 622 g/mol. The highest BCUT2D eigenvalue weighted by atomic mass is 32.2. The van der Waals surface area contributed by atoms with Gasteiger partial charge in [0.05, 0.1) is 30.5 Å². The van der Waals surface area contributed by atoms with Crippen LogP contribution >= 0.6 is 11.8 Å². The molecule has 12 nitrogen and oxygen atoms in total. The Bertz CT molecular complexity index is 1640. The third-order valence-electron chi connectivity index (χ3n) is 9.82. The largest absolute Gasteiger partial charge is 0.507 e. The number of aromatic hydroxyl groups is 2. The van der Waals surface area contributed by atoms with E-state index >= 15 is 0 Å². The van der Waals surface area contributed by atoms with Gasteiger partial charge >= 0.3 is 5.97 Å². The number of hydrogen-bond donors (Lipinski definition) is 3. The van der Waals surface area contributed by atoms with Gasteiger partial charge in [0, 0.05) is 47.0 Å². The molecule has 2 fully saturated rings. The Morgan fingerprint density at radius 3 is 2.61 bits per heavy atom. The van der Waals surface area contributed by atoms with Gasteiger partial charge in [-0.2, -0.15) is 5.26 Å². The normalized spacial score (nSPS) is 30.4. The third-order valence-corrected chi connectivity index (χ3v) is 11.2. The van der Waals surface area contributed by atoms with Crippen molar-refractivity contribution in [2.24, 2.45) is 0 Å². The fourth-order valence-corrected chi connectivity index (χ4v) is 9.56. The molecule has 2 saturated heterocycles. The Morgan fingerprint density at radius 1 is 1.16 bits per heavy atom. The minimum absolute atomic E-state index is 0.0273. The summed E-state index contributed by atoms with van der Waals surface area (Å²) >= 11 is 1.40. The highest BCUT2D eigenvalue weighted by molar-refractivity contribution is 7.99. The lowest BCUT2D eigenvalue weighted by atomic mass is 9.71. The maximum Gasteiger partial charge on any atom is 0.329 e. The van der Waals surface area contributed by atoms with E-state index in [9.17, 15) is 25.1 Å². The molecule has 0 aliphatic carbocycles. The number of aryl methyl sites for hydroxylation is 1. The van der Waals surface area contributed by atoms with E-state index in [1.807, 2.05) is 20.0 Å². The van der Waals surface area contributed by atoms with E-state index in [2.05, 4.69) is 21.2 Å². The lowest BCUT2D eigenvalue weighted by Crippen LogP contribution is -2.69. The summed E-state index contributed by atoms with van der Waals surface area (Å²) in [5, 5.41) is 36.6. The summed E-state index contributed by atoms with van der Waals surface area (Å²) in [6.45, 7) is 4.83. The van der Waals surface area contributed by atoms with Crippen LogP contribution in [0, 0.1) is 25.2 Å². The molecule has 44 heavy (non-hydrogen) atoms. The molecule has 2 aromatic rings. The number of nitriles is 1. The number of thioether (sulfide) groups is 1. The molecule has 1 unspecified atom stereocenters. The van der Waals surface area contributed by atoms with E-state index in [0.717, 1.165) is 16.7 Å². The fraction of sp³-hybridized carbons (Fsp3) is 0.516. The number of nitrogens with zero attached hydrogens (tertiary/aromatic N) is 3. The molecule has 0 spiro atoms. The molecule has 4 bridgehead atoms. The number of hydrogen-bond acceptors (Lipinski definition) is 12. The summed E-state index contributed by atoms with van der Waals surface area (Å²) in [6.07, 6.45) is 0.515. The van der Waals surface area contributed by atoms with Gasteiger partial charge in [0.1, 0.15) is 24.4 Å². The number of cyclic esters (lactones) is 1. The number of piperazine rings is 1. The Morgan fingerprint density at radius 2 is 1.91 bits per heavy atom. The molecule has 7 atom stereocenters. The van der Waals surface area contributed by atoms with E-state index in [-0.39, 0.29) is 42.6 Å². The number of ether oxygens (including phenoxy) is 4. The topological polar surface area (TPSA) is 154 Å². The van der Waals surface area contributed by atoms with Crippen molar-refractivity contribution < 1.29 is 38.7 Å². The standard InChI is InChI=1S/C31H34N4O8S/c1-12-6-15-7-17-18(8-32)35-19-9-41-31(39)16(33-14(3)36)10-44-30(22-21(19)29-28(42-11-43-29)13(2)25(22)37)24(35)23(34(17)4)20(15)26(38)27(12)40-5/h6,16-19,23-24,30,37-38H,7,9-11H2,1-5H3,(H,33,36)/t16-,17+,18+,19+,23-,24?,30-/m1/s1. The van der Waals surface area contributed by atoms with E-state index in [1.165, 1.54) is 25.8 Å². The molecule has 13 heteroatoms. The molecule has 0 aromatic heterocycles. The highest BCUT2D eigenvalue weighted by Gasteiger charge is 2.60. The zero-order chi connectivity index (χ0) is 31.2. The lowest BCUT2D eigenvalue weighted by molar-refractivity contribution is -0.152. The molecule has 7 rings (SSSR count). The number of carbonyl (C=O) groups excluding carboxylic acids is 2. The molecule has 5 aliphatic heterocycles. The second-order valence-corrected chi connectivity index (χ2v) is 13.2. The minimum atomic E-state index is -0.915. The number of phenols is 2. The van der Waals surface area contributed by atoms with Crippen LogP contribution < -0.4 is 19.5 Å². The number of esters is 1. The minimum Gasteiger partial charge on any atom is -0.507 e. The van der Waals surface area contributed by atoms with Gasteiger partial charge in [0.25, 0.3) is 0 Å². The van der Waals surface area contributed by atoms with Gasteiger partial charge in [-0.25, -0.2) is 4.79 Å². The van der Waals surface area contributed by atoms with Crippen molar-refractivity contribution in [1.29, 1.82) is 5.26 Å². The van der Waals surface area contributed by atoms with Crippen molar-refractivity contribution in [3.05, 3.63) is 39.4 Å². The predicted octanol–water partition coefficient (Wildman–Crippen LogP) is 2.52. The van der Waals surface area contributed by atoms with Crippen LogP contribution in [0.3, 0.4) is 0 Å². The van der Waals surface area contributed by atoms with Gasteiger partial charge in [-0.15, -0.1) is 11.8 Å². The smallest absolute Gasteiger partial charge is 0.329 e. The number of nitrogens with one attached hydrogen (secondary N) is 1. The zero-order valence-corrected chi connectivity index (χ0v) is 25.9. The maximum atomic E-state index is 13.3. The number of likely N-dealkylation sites (N-methyl/N-ethyl adjacent to an activating group) is 1. The molecule has 1 amide bonds. The highest BCUT2D eigenvalue weighted by Crippen LogP contribution is 2.63. The first kappa shape index (κ1) is 28.9. The molecule has 5 aliphatic rings. The van der Waals surface area contributed by atoms with Gasteiger partial charge in [-0.1, -0.05) is 6.07 Å². The van der Waals surface area contributed by atoms with Crippen molar-refractivity contribution in [1.82, 2.24) is 15.1 Å². The second-order valence-electron chi connectivity index (χ2n) is 12.1. The summed E-state index contributed by atoms with van der Waals surface area (Å²) in [4.78, 5) is 29.6. The van der Waals surface area contributed by atoms with Gasteiger partial charge in [-0.05, 0) is 38.4 Å². The van der Waals surface area contributed by atoms with E-state index in [0.29, 0.717) is 40.4 Å². The number of carbonyl (C=O) groups is 2. The Kier molecular flexibility index (Phi) is 6.80. The average Bonchev–Trinajstić information content (AvgIpc) is 3.47. The number of phenolic OH excluding ortho intramolecular Hbond substituents is 2. The summed E-state index contributed by atoms with van der Waals surface area (Å²) in [5.74, 6) is 0.614. The van der Waals surface area contributed by atoms with Crippen LogP contribution in [0.2, 0.25) is 0 Å². The molecule has 2 aromatic carbocycles. The Labute approximate surface area is 258 Å². The first-order chi connectivity index (χ1) is 21.1. The van der Waals surface area contributed by atoms with Crippen molar-refractivity contribution in [2.45, 2.75) is 68.7 Å². The van der Waals surface area contributed by atoms with Crippen LogP contribution in [0.1, 0.15) is 57.6 Å². The third kappa shape index (κ3) is 3.90. The number of benzene rings is 2.